The van der Waals surface area contributed by atoms with E-state index in [9.17, 15) is 4.79 Å². The lowest BCUT2D eigenvalue weighted by Gasteiger charge is -2.16. The van der Waals surface area contributed by atoms with E-state index in [1.54, 1.807) is 11.1 Å². The number of carbonyl (C=O) groups excluding carboxylic acids is 1. The van der Waals surface area contributed by atoms with Crippen LogP contribution in [0.3, 0.4) is 0 Å². The van der Waals surface area contributed by atoms with Crippen LogP contribution in [0.15, 0.2) is 11.4 Å². The lowest BCUT2D eigenvalue weighted by Crippen LogP contribution is -2.30. The van der Waals surface area contributed by atoms with Gasteiger partial charge in [0.25, 0.3) is 0 Å². The summed E-state index contributed by atoms with van der Waals surface area (Å²) in [6.45, 7) is 0.849. The minimum Gasteiger partial charge on any atom is -0.390 e. The Balaban J connectivity index is 1.82. The molecule has 1 heterocycles. The number of hydrogen-bond donors (Lipinski definition) is 1. The highest BCUT2D eigenvalue weighted by Crippen LogP contribution is 2.29. The Kier molecular flexibility index (Phi) is 4.29. The Morgan fingerprint density at radius 1 is 1.67 bits per heavy atom. The van der Waals surface area contributed by atoms with E-state index in [1.165, 1.54) is 24.6 Å². The van der Waals surface area contributed by atoms with Gasteiger partial charge < -0.3 is 14.6 Å². The average Bonchev–Trinajstić information content (AvgIpc) is 3.09. The van der Waals surface area contributed by atoms with E-state index in [4.69, 9.17) is 5.11 Å². The molecular formula is C12H19N3O2S. The van der Waals surface area contributed by atoms with Crippen molar-refractivity contribution in [3.63, 3.8) is 0 Å². The van der Waals surface area contributed by atoms with E-state index < -0.39 is 0 Å². The van der Waals surface area contributed by atoms with Crippen LogP contribution >= 0.6 is 11.8 Å². The first-order valence-electron chi connectivity index (χ1n) is 6.10. The second kappa shape index (κ2) is 5.75. The Morgan fingerprint density at radius 2 is 2.39 bits per heavy atom. The zero-order valence-electron chi connectivity index (χ0n) is 10.8. The van der Waals surface area contributed by atoms with Gasteiger partial charge in [-0.05, 0) is 18.8 Å². The number of aliphatic hydroxyl groups is 1. The quantitative estimate of drug-likeness (QED) is 0.779. The molecule has 100 valence electrons. The highest BCUT2D eigenvalue weighted by Gasteiger charge is 2.24. The second-order valence-electron chi connectivity index (χ2n) is 4.76. The van der Waals surface area contributed by atoms with Crippen LogP contribution in [0.25, 0.3) is 0 Å². The molecule has 0 saturated heterocycles. The molecule has 0 unspecified atom stereocenters. The molecule has 1 aromatic rings. The molecule has 6 heteroatoms. The van der Waals surface area contributed by atoms with Crippen LogP contribution in [0.5, 0.6) is 0 Å². The van der Waals surface area contributed by atoms with Gasteiger partial charge in [-0.25, -0.2) is 4.98 Å². The molecule has 1 fully saturated rings. The van der Waals surface area contributed by atoms with Crippen molar-refractivity contribution >= 4 is 17.7 Å². The first kappa shape index (κ1) is 13.4. The number of carbonyl (C=O) groups is 1. The van der Waals surface area contributed by atoms with E-state index in [0.29, 0.717) is 5.75 Å². The molecule has 0 aliphatic heterocycles. The molecule has 0 bridgehead atoms. The molecule has 1 aliphatic carbocycles. The van der Waals surface area contributed by atoms with Crippen LogP contribution < -0.4 is 0 Å². The van der Waals surface area contributed by atoms with Gasteiger partial charge >= 0.3 is 0 Å². The summed E-state index contributed by atoms with van der Waals surface area (Å²) in [7, 11) is 3.71. The fraction of sp³-hybridized carbons (Fsp3) is 0.667. The van der Waals surface area contributed by atoms with Gasteiger partial charge in [0.05, 0.1) is 24.3 Å². The van der Waals surface area contributed by atoms with Crippen molar-refractivity contribution < 1.29 is 9.90 Å². The van der Waals surface area contributed by atoms with Crippen molar-refractivity contribution in [2.45, 2.75) is 24.6 Å². The summed E-state index contributed by atoms with van der Waals surface area (Å²) in [4.78, 5) is 17.9. The fourth-order valence-electron chi connectivity index (χ4n) is 1.73. The maximum atomic E-state index is 11.9. The lowest BCUT2D eigenvalue weighted by molar-refractivity contribution is -0.127. The van der Waals surface area contributed by atoms with E-state index in [0.717, 1.165) is 23.3 Å². The van der Waals surface area contributed by atoms with Crippen molar-refractivity contribution in [2.24, 2.45) is 13.0 Å². The summed E-state index contributed by atoms with van der Waals surface area (Å²) in [6, 6.07) is 0. The third-order valence-electron chi connectivity index (χ3n) is 3.18. The molecule has 2 rings (SSSR count). The molecule has 0 atom stereocenters. The first-order valence-corrected chi connectivity index (χ1v) is 7.08. The van der Waals surface area contributed by atoms with Gasteiger partial charge in [0, 0.05) is 20.6 Å². The van der Waals surface area contributed by atoms with Gasteiger partial charge in [0.1, 0.15) is 0 Å². The SMILES string of the molecule is CN(CC1CC1)C(=O)CSc1ncc(CO)n1C. The maximum Gasteiger partial charge on any atom is 0.232 e. The van der Waals surface area contributed by atoms with Gasteiger partial charge in [-0.1, -0.05) is 11.8 Å². The zero-order chi connectivity index (χ0) is 13.1. The highest BCUT2D eigenvalue weighted by molar-refractivity contribution is 7.99. The van der Waals surface area contributed by atoms with Gasteiger partial charge in [-0.15, -0.1) is 0 Å². The number of rotatable bonds is 6. The summed E-state index contributed by atoms with van der Waals surface area (Å²) >= 11 is 1.42. The van der Waals surface area contributed by atoms with Crippen LogP contribution in [0.2, 0.25) is 0 Å². The van der Waals surface area contributed by atoms with Crippen LogP contribution in [-0.2, 0) is 18.4 Å². The highest BCUT2D eigenvalue weighted by atomic mass is 32.2. The van der Waals surface area contributed by atoms with E-state index in [1.807, 2.05) is 18.7 Å². The van der Waals surface area contributed by atoms with Gasteiger partial charge in [-0.3, -0.25) is 4.79 Å². The average molecular weight is 269 g/mol. The Hall–Kier alpha value is -1.01. The first-order chi connectivity index (χ1) is 8.61. The maximum absolute atomic E-state index is 11.9. The molecule has 1 aromatic heterocycles. The van der Waals surface area contributed by atoms with Gasteiger partial charge in [0.2, 0.25) is 5.91 Å². The van der Waals surface area contributed by atoms with Crippen molar-refractivity contribution in [1.29, 1.82) is 0 Å². The zero-order valence-corrected chi connectivity index (χ0v) is 11.6. The van der Waals surface area contributed by atoms with Crippen molar-refractivity contribution in [2.75, 3.05) is 19.3 Å². The number of aliphatic hydroxyl groups excluding tert-OH is 1. The van der Waals surface area contributed by atoms with E-state index >= 15 is 0 Å². The topological polar surface area (TPSA) is 58.4 Å². The molecule has 18 heavy (non-hydrogen) atoms. The molecule has 1 saturated carbocycles. The number of hydrogen-bond acceptors (Lipinski definition) is 4. The van der Waals surface area contributed by atoms with Crippen LogP contribution in [0, 0.1) is 5.92 Å². The number of thioether (sulfide) groups is 1. The fourth-order valence-corrected chi connectivity index (χ4v) is 2.64. The number of aromatic nitrogens is 2. The number of imidazole rings is 1. The van der Waals surface area contributed by atoms with Gasteiger partial charge in [-0.2, -0.15) is 0 Å². The van der Waals surface area contributed by atoms with Crippen LogP contribution in [-0.4, -0.2) is 44.8 Å². The second-order valence-corrected chi connectivity index (χ2v) is 5.70. The minimum atomic E-state index is -0.0282. The van der Waals surface area contributed by atoms with Crippen LogP contribution in [0.4, 0.5) is 0 Å². The minimum absolute atomic E-state index is 0.0282. The summed E-state index contributed by atoms with van der Waals surface area (Å²) in [5.74, 6) is 1.26. The molecule has 1 aliphatic rings. The molecule has 5 nitrogen and oxygen atoms in total. The molecule has 0 aromatic carbocycles. The number of nitrogens with zero attached hydrogens (tertiary/aromatic N) is 3. The van der Waals surface area contributed by atoms with E-state index in [2.05, 4.69) is 4.98 Å². The van der Waals surface area contributed by atoms with Crippen molar-refractivity contribution in [3.8, 4) is 0 Å². The Morgan fingerprint density at radius 3 is 2.94 bits per heavy atom. The van der Waals surface area contributed by atoms with Crippen molar-refractivity contribution in [1.82, 2.24) is 14.5 Å². The predicted octanol–water partition coefficient (Wildman–Crippen LogP) is 0.873. The normalized spacial score (nSPS) is 14.8. The third kappa shape index (κ3) is 3.26. The molecule has 1 amide bonds. The van der Waals surface area contributed by atoms with Crippen LogP contribution in [0.1, 0.15) is 18.5 Å². The van der Waals surface area contributed by atoms with Gasteiger partial charge in [0.15, 0.2) is 5.16 Å². The predicted molar refractivity (Wildman–Crippen MR) is 70.2 cm³/mol. The summed E-state index contributed by atoms with van der Waals surface area (Å²) in [5.41, 5.74) is 0.760. The molecule has 0 spiro atoms. The largest absolute Gasteiger partial charge is 0.390 e. The summed E-state index contributed by atoms with van der Waals surface area (Å²) < 4.78 is 1.82. The summed E-state index contributed by atoms with van der Waals surface area (Å²) in [5, 5.41) is 9.83. The van der Waals surface area contributed by atoms with Crippen molar-refractivity contribution in [3.05, 3.63) is 11.9 Å². The third-order valence-corrected chi connectivity index (χ3v) is 4.21. The summed E-state index contributed by atoms with van der Waals surface area (Å²) in [6.07, 6.45) is 4.15. The molecule has 0 radical (unpaired) electrons. The van der Waals surface area contributed by atoms with E-state index in [-0.39, 0.29) is 12.5 Å². The standard InChI is InChI=1S/C12H19N3O2S/c1-14(6-9-3-4-9)11(17)8-18-12-13-5-10(7-16)15(12)2/h5,9,16H,3-4,6-8H2,1-2H3. The lowest BCUT2D eigenvalue weighted by atomic mass is 10.4. The Bertz CT molecular complexity index is 429. The smallest absolute Gasteiger partial charge is 0.232 e. The Labute approximate surface area is 111 Å². The monoisotopic (exact) mass is 269 g/mol. The number of amides is 1. The molecule has 1 N–H and O–H groups in total. The molecular weight excluding hydrogens is 250 g/mol.